The van der Waals surface area contributed by atoms with Gasteiger partial charge >= 0.3 is 6.61 Å². The van der Waals surface area contributed by atoms with Crippen LogP contribution in [0.5, 0.6) is 17.2 Å². The summed E-state index contributed by atoms with van der Waals surface area (Å²) in [6, 6.07) is 8.26. The van der Waals surface area contributed by atoms with Gasteiger partial charge in [-0.3, -0.25) is 4.79 Å². The molecule has 2 aromatic carbocycles. The van der Waals surface area contributed by atoms with E-state index in [-0.39, 0.29) is 28.4 Å². The maximum atomic E-state index is 13.7. The van der Waals surface area contributed by atoms with Crippen LogP contribution in [0.1, 0.15) is 15.9 Å². The summed E-state index contributed by atoms with van der Waals surface area (Å²) in [6.07, 6.45) is 2.43. The molecule has 0 bridgehead atoms. The Bertz CT molecular complexity index is 788. The summed E-state index contributed by atoms with van der Waals surface area (Å²) in [4.78, 5) is 12.1. The first-order valence-electron chi connectivity index (χ1n) is 7.14. The molecule has 0 N–H and O–H groups in total. The number of carbonyl (C=O) groups is 1. The van der Waals surface area contributed by atoms with E-state index in [1.54, 1.807) is 6.07 Å². The van der Waals surface area contributed by atoms with Crippen LogP contribution in [-0.4, -0.2) is 26.6 Å². The van der Waals surface area contributed by atoms with Crippen LogP contribution in [0.2, 0.25) is 0 Å². The number of carbonyl (C=O) groups excluding carboxylic acids is 1. The third-order valence-corrected chi connectivity index (χ3v) is 3.29. The van der Waals surface area contributed by atoms with E-state index < -0.39 is 18.2 Å². The van der Waals surface area contributed by atoms with Gasteiger partial charge in [-0.05, 0) is 36.4 Å². The van der Waals surface area contributed by atoms with E-state index in [4.69, 9.17) is 9.47 Å². The lowest BCUT2D eigenvalue weighted by Crippen LogP contribution is -2.05. The second kappa shape index (κ2) is 8.23. The van der Waals surface area contributed by atoms with E-state index in [0.717, 1.165) is 12.1 Å². The lowest BCUT2D eigenvalue weighted by Gasteiger charge is -2.12. The maximum Gasteiger partial charge on any atom is 0.387 e. The summed E-state index contributed by atoms with van der Waals surface area (Å²) in [5, 5.41) is 0. The van der Waals surface area contributed by atoms with Gasteiger partial charge in [0.1, 0.15) is 0 Å². The van der Waals surface area contributed by atoms with Crippen LogP contribution in [0.15, 0.2) is 42.5 Å². The number of halogens is 3. The SMILES string of the molecule is COc1ccc(C(=O)/C=C/c2cccc(OC)c2OC(F)F)cc1F. The van der Waals surface area contributed by atoms with Gasteiger partial charge in [-0.25, -0.2) is 4.39 Å². The highest BCUT2D eigenvalue weighted by Gasteiger charge is 2.14. The van der Waals surface area contributed by atoms with Crippen molar-refractivity contribution in [3.05, 3.63) is 59.4 Å². The molecule has 2 aromatic rings. The number of ether oxygens (including phenoxy) is 3. The Balaban J connectivity index is 2.29. The molecular weight excluding hydrogens is 337 g/mol. The van der Waals surface area contributed by atoms with Gasteiger partial charge in [0.05, 0.1) is 14.2 Å². The van der Waals surface area contributed by atoms with Gasteiger partial charge in [-0.2, -0.15) is 8.78 Å². The van der Waals surface area contributed by atoms with E-state index in [2.05, 4.69) is 4.74 Å². The van der Waals surface area contributed by atoms with E-state index >= 15 is 0 Å². The first-order valence-corrected chi connectivity index (χ1v) is 7.14. The van der Waals surface area contributed by atoms with Crippen LogP contribution >= 0.6 is 0 Å². The fourth-order valence-electron chi connectivity index (χ4n) is 2.12. The Kier molecular flexibility index (Phi) is 6.05. The average Bonchev–Trinajstić information content (AvgIpc) is 2.59. The molecule has 0 atom stereocenters. The topological polar surface area (TPSA) is 44.8 Å². The number of ketones is 1. The highest BCUT2D eigenvalue weighted by atomic mass is 19.3. The lowest BCUT2D eigenvalue weighted by molar-refractivity contribution is -0.0513. The van der Waals surface area contributed by atoms with Gasteiger partial charge in [-0.15, -0.1) is 0 Å². The second-order valence-electron chi connectivity index (χ2n) is 4.80. The largest absolute Gasteiger partial charge is 0.494 e. The number of methoxy groups -OCH3 is 2. The summed E-state index contributed by atoms with van der Waals surface area (Å²) >= 11 is 0. The van der Waals surface area contributed by atoms with Crippen LogP contribution in [-0.2, 0) is 0 Å². The molecule has 0 amide bonds. The molecule has 2 rings (SSSR count). The molecule has 0 aliphatic heterocycles. The summed E-state index contributed by atoms with van der Waals surface area (Å²) in [6.45, 7) is -3.05. The zero-order valence-corrected chi connectivity index (χ0v) is 13.5. The molecule has 0 saturated heterocycles. The van der Waals surface area contributed by atoms with Crippen LogP contribution in [0, 0.1) is 5.82 Å². The average molecular weight is 352 g/mol. The lowest BCUT2D eigenvalue weighted by atomic mass is 10.1. The molecule has 0 spiro atoms. The zero-order chi connectivity index (χ0) is 18.4. The molecule has 0 heterocycles. The number of hydrogen-bond donors (Lipinski definition) is 0. The number of benzene rings is 2. The zero-order valence-electron chi connectivity index (χ0n) is 13.5. The molecule has 132 valence electrons. The van der Waals surface area contributed by atoms with Crippen molar-refractivity contribution in [1.82, 2.24) is 0 Å². The fraction of sp³-hybridized carbons (Fsp3) is 0.167. The standard InChI is InChI=1S/C18H15F3O4/c1-23-15-9-7-12(10-13(15)19)14(22)8-6-11-4-3-5-16(24-2)17(11)25-18(20)21/h3-10,18H,1-2H3/b8-6+. The number of allylic oxidation sites excluding steroid dienone is 1. The van der Waals surface area contributed by atoms with Crippen molar-refractivity contribution in [2.24, 2.45) is 0 Å². The van der Waals surface area contributed by atoms with Crippen molar-refractivity contribution >= 4 is 11.9 Å². The van der Waals surface area contributed by atoms with Crippen molar-refractivity contribution in [2.75, 3.05) is 14.2 Å². The van der Waals surface area contributed by atoms with Crippen molar-refractivity contribution in [3.8, 4) is 17.2 Å². The molecule has 25 heavy (non-hydrogen) atoms. The Morgan fingerprint density at radius 3 is 2.40 bits per heavy atom. The Morgan fingerprint density at radius 2 is 1.80 bits per heavy atom. The highest BCUT2D eigenvalue weighted by molar-refractivity contribution is 6.07. The van der Waals surface area contributed by atoms with Crippen LogP contribution in [0.3, 0.4) is 0 Å². The summed E-state index contributed by atoms with van der Waals surface area (Å²) in [5.74, 6) is -1.26. The molecule has 0 fully saturated rings. The van der Waals surface area contributed by atoms with Crippen molar-refractivity contribution in [1.29, 1.82) is 0 Å². The number of rotatable bonds is 7. The number of alkyl halides is 2. The predicted molar refractivity (Wildman–Crippen MR) is 85.9 cm³/mol. The predicted octanol–water partition coefficient (Wildman–Crippen LogP) is 4.34. The van der Waals surface area contributed by atoms with Crippen LogP contribution in [0.4, 0.5) is 13.2 Å². The molecule has 0 aromatic heterocycles. The molecule has 0 radical (unpaired) electrons. The first-order chi connectivity index (χ1) is 12.0. The molecular formula is C18H15F3O4. The minimum atomic E-state index is -3.05. The number of para-hydroxylation sites is 1. The van der Waals surface area contributed by atoms with Gasteiger partial charge in [0.25, 0.3) is 0 Å². The van der Waals surface area contributed by atoms with Crippen LogP contribution in [0.25, 0.3) is 6.08 Å². The van der Waals surface area contributed by atoms with E-state index in [1.807, 2.05) is 0 Å². The molecule has 0 aliphatic rings. The Hall–Kier alpha value is -2.96. The summed E-state index contributed by atoms with van der Waals surface area (Å²) < 4.78 is 53.0. The minimum absolute atomic E-state index is 0.0148. The summed E-state index contributed by atoms with van der Waals surface area (Å²) in [7, 11) is 2.62. The van der Waals surface area contributed by atoms with E-state index in [1.165, 1.54) is 44.6 Å². The van der Waals surface area contributed by atoms with Gasteiger partial charge in [0.15, 0.2) is 28.8 Å². The molecule has 4 nitrogen and oxygen atoms in total. The van der Waals surface area contributed by atoms with Gasteiger partial charge < -0.3 is 14.2 Å². The summed E-state index contributed by atoms with van der Waals surface area (Å²) in [5.41, 5.74) is 0.316. The normalized spacial score (nSPS) is 11.0. The second-order valence-corrected chi connectivity index (χ2v) is 4.80. The van der Waals surface area contributed by atoms with Gasteiger partial charge in [0.2, 0.25) is 0 Å². The van der Waals surface area contributed by atoms with Crippen molar-refractivity contribution < 1.29 is 32.2 Å². The van der Waals surface area contributed by atoms with E-state index in [9.17, 15) is 18.0 Å². The van der Waals surface area contributed by atoms with Gasteiger partial charge in [0, 0.05) is 11.1 Å². The van der Waals surface area contributed by atoms with Crippen molar-refractivity contribution in [3.63, 3.8) is 0 Å². The van der Waals surface area contributed by atoms with Crippen LogP contribution < -0.4 is 14.2 Å². The minimum Gasteiger partial charge on any atom is -0.494 e. The third-order valence-electron chi connectivity index (χ3n) is 3.29. The monoisotopic (exact) mass is 352 g/mol. The molecule has 0 aliphatic carbocycles. The Morgan fingerprint density at radius 1 is 1.08 bits per heavy atom. The quantitative estimate of drug-likeness (QED) is 0.549. The maximum absolute atomic E-state index is 13.7. The Labute approximate surface area is 142 Å². The van der Waals surface area contributed by atoms with Crippen molar-refractivity contribution in [2.45, 2.75) is 6.61 Å². The van der Waals surface area contributed by atoms with Gasteiger partial charge in [-0.1, -0.05) is 12.1 Å². The molecule has 0 saturated carbocycles. The first kappa shape index (κ1) is 18.4. The fourth-order valence-corrected chi connectivity index (χ4v) is 2.12. The molecule has 7 heteroatoms. The highest BCUT2D eigenvalue weighted by Crippen LogP contribution is 2.33. The molecule has 0 unspecified atom stereocenters. The smallest absolute Gasteiger partial charge is 0.387 e. The number of hydrogen-bond acceptors (Lipinski definition) is 4. The van der Waals surface area contributed by atoms with E-state index in [0.29, 0.717) is 0 Å². The third kappa shape index (κ3) is 4.53.